The molecule has 1 heterocycles. The second-order valence-electron chi connectivity index (χ2n) is 5.28. The summed E-state index contributed by atoms with van der Waals surface area (Å²) in [5.74, 6) is -0.719. The molecular weight excluding hydrogens is 415 g/mol. The molecule has 26 heavy (non-hydrogen) atoms. The molecule has 0 atom stereocenters. The van der Waals surface area contributed by atoms with Gasteiger partial charge in [0.05, 0.1) is 10.6 Å². The summed E-state index contributed by atoms with van der Waals surface area (Å²) in [5, 5.41) is 0.992. The summed E-state index contributed by atoms with van der Waals surface area (Å²) in [6, 6.07) is 14.2. The molecule has 5 nitrogen and oxygen atoms in total. The fourth-order valence-corrected chi connectivity index (χ4v) is 4.57. The molecular formula is C17H12Cl2N2O3S2. The molecule has 0 fully saturated rings. The predicted octanol–water partition coefficient (Wildman–Crippen LogP) is 4.62. The molecule has 0 bridgehead atoms. The van der Waals surface area contributed by atoms with Crippen molar-refractivity contribution in [2.24, 2.45) is 5.73 Å². The summed E-state index contributed by atoms with van der Waals surface area (Å²) in [6.45, 7) is 0. The van der Waals surface area contributed by atoms with Crippen molar-refractivity contribution in [1.29, 1.82) is 0 Å². The molecule has 0 unspecified atom stereocenters. The van der Waals surface area contributed by atoms with Crippen molar-refractivity contribution in [2.75, 3.05) is 4.72 Å². The number of primary amides is 1. The third-order valence-corrected chi connectivity index (χ3v) is 6.54. The number of nitrogens with one attached hydrogen (secondary N) is 1. The number of nitrogens with two attached hydrogens (primary N) is 1. The van der Waals surface area contributed by atoms with Gasteiger partial charge in [0.15, 0.2) is 0 Å². The van der Waals surface area contributed by atoms with Crippen molar-refractivity contribution in [3.63, 3.8) is 0 Å². The zero-order valence-corrected chi connectivity index (χ0v) is 16.2. The number of halogens is 2. The van der Waals surface area contributed by atoms with Crippen molar-refractivity contribution in [2.45, 2.75) is 4.90 Å². The first-order valence-corrected chi connectivity index (χ1v) is 10.3. The number of hydrogen-bond acceptors (Lipinski definition) is 4. The first kappa shape index (κ1) is 18.7. The van der Waals surface area contributed by atoms with E-state index in [0.29, 0.717) is 14.9 Å². The van der Waals surface area contributed by atoms with Crippen LogP contribution < -0.4 is 10.5 Å². The van der Waals surface area contributed by atoms with Crippen molar-refractivity contribution in [3.8, 4) is 10.4 Å². The summed E-state index contributed by atoms with van der Waals surface area (Å²) >= 11 is 12.8. The van der Waals surface area contributed by atoms with Crippen LogP contribution in [0.15, 0.2) is 59.5 Å². The lowest BCUT2D eigenvalue weighted by Crippen LogP contribution is -2.16. The van der Waals surface area contributed by atoms with E-state index in [0.717, 1.165) is 16.9 Å². The number of hydrogen-bond donors (Lipinski definition) is 2. The Morgan fingerprint density at radius 3 is 2.04 bits per heavy atom. The lowest BCUT2D eigenvalue weighted by atomic mass is 10.2. The van der Waals surface area contributed by atoms with Crippen molar-refractivity contribution in [3.05, 3.63) is 69.5 Å². The Labute approximate surface area is 164 Å². The van der Waals surface area contributed by atoms with Gasteiger partial charge in [-0.25, -0.2) is 8.42 Å². The molecule has 0 saturated carbocycles. The van der Waals surface area contributed by atoms with E-state index in [4.69, 9.17) is 28.9 Å². The summed E-state index contributed by atoms with van der Waals surface area (Å²) in [6.07, 6.45) is 0. The van der Waals surface area contributed by atoms with Crippen molar-refractivity contribution >= 4 is 56.2 Å². The zero-order chi connectivity index (χ0) is 18.9. The van der Waals surface area contributed by atoms with Crippen LogP contribution in [0.4, 0.5) is 5.69 Å². The largest absolute Gasteiger partial charge is 0.365 e. The topological polar surface area (TPSA) is 89.3 Å². The number of benzene rings is 2. The fraction of sp³-hybridized carbons (Fsp3) is 0. The van der Waals surface area contributed by atoms with Crippen molar-refractivity contribution in [1.82, 2.24) is 0 Å². The Kier molecular flexibility index (Phi) is 5.24. The summed E-state index contributed by atoms with van der Waals surface area (Å²) in [5.41, 5.74) is 6.32. The maximum absolute atomic E-state index is 12.6. The number of amides is 1. The first-order valence-electron chi connectivity index (χ1n) is 7.24. The van der Waals surface area contributed by atoms with E-state index in [1.165, 1.54) is 24.3 Å². The van der Waals surface area contributed by atoms with Crippen LogP contribution in [0.25, 0.3) is 10.4 Å². The van der Waals surface area contributed by atoms with E-state index in [2.05, 4.69) is 4.72 Å². The number of thiophene rings is 1. The number of carbonyl (C=O) groups is 1. The molecule has 3 rings (SSSR count). The van der Waals surface area contributed by atoms with Crippen LogP contribution in [-0.4, -0.2) is 14.3 Å². The third-order valence-electron chi connectivity index (χ3n) is 3.45. The van der Waals surface area contributed by atoms with Crippen LogP contribution in [0.3, 0.4) is 0 Å². The molecule has 3 N–H and O–H groups in total. The fourth-order valence-electron chi connectivity index (χ4n) is 2.22. The highest BCUT2D eigenvalue weighted by molar-refractivity contribution is 7.92. The van der Waals surface area contributed by atoms with Crippen molar-refractivity contribution < 1.29 is 13.2 Å². The SMILES string of the molecule is NC(=O)c1sc(-c2ccc(Cl)cc2)cc1NS(=O)(=O)c1ccc(Cl)cc1. The van der Waals surface area contributed by atoms with E-state index in [-0.39, 0.29) is 15.5 Å². The van der Waals surface area contributed by atoms with Crippen LogP contribution in [0.5, 0.6) is 0 Å². The molecule has 134 valence electrons. The number of rotatable bonds is 5. The second-order valence-corrected chi connectivity index (χ2v) is 8.89. The molecule has 0 saturated heterocycles. The van der Waals surface area contributed by atoms with Crippen LogP contribution in [-0.2, 0) is 10.0 Å². The number of sulfonamides is 1. The van der Waals surface area contributed by atoms with Gasteiger partial charge in [0.2, 0.25) is 0 Å². The Bertz CT molecular complexity index is 1060. The number of anilines is 1. The van der Waals surface area contributed by atoms with Gasteiger partial charge in [0, 0.05) is 14.9 Å². The van der Waals surface area contributed by atoms with Gasteiger partial charge in [-0.1, -0.05) is 35.3 Å². The van der Waals surface area contributed by atoms with Crippen LogP contribution in [0.1, 0.15) is 9.67 Å². The average Bonchev–Trinajstić information content (AvgIpc) is 2.99. The van der Waals surface area contributed by atoms with E-state index >= 15 is 0 Å². The molecule has 0 aliphatic heterocycles. The second kappa shape index (κ2) is 7.28. The first-order chi connectivity index (χ1) is 12.3. The highest BCUT2D eigenvalue weighted by atomic mass is 35.5. The van der Waals surface area contributed by atoms with Gasteiger partial charge < -0.3 is 5.73 Å². The lowest BCUT2D eigenvalue weighted by molar-refractivity contribution is 0.100. The lowest BCUT2D eigenvalue weighted by Gasteiger charge is -2.07. The van der Waals surface area contributed by atoms with Gasteiger partial charge in [-0.2, -0.15) is 0 Å². The monoisotopic (exact) mass is 426 g/mol. The minimum Gasteiger partial charge on any atom is -0.365 e. The molecule has 1 aromatic heterocycles. The molecule has 1 amide bonds. The zero-order valence-electron chi connectivity index (χ0n) is 13.1. The summed E-state index contributed by atoms with van der Waals surface area (Å²) in [4.78, 5) is 12.6. The molecule has 3 aromatic rings. The van der Waals surface area contributed by atoms with E-state index in [1.807, 2.05) is 0 Å². The molecule has 0 aliphatic rings. The van der Waals surface area contributed by atoms with Crippen LogP contribution >= 0.6 is 34.5 Å². The van der Waals surface area contributed by atoms with Gasteiger partial charge in [-0.05, 0) is 48.0 Å². The summed E-state index contributed by atoms with van der Waals surface area (Å²) in [7, 11) is -3.89. The molecule has 0 aliphatic carbocycles. The normalized spacial score (nSPS) is 11.3. The number of carbonyl (C=O) groups excluding carboxylic acids is 1. The third kappa shape index (κ3) is 4.02. The smallest absolute Gasteiger partial charge is 0.261 e. The predicted molar refractivity (Wildman–Crippen MR) is 106 cm³/mol. The highest BCUT2D eigenvalue weighted by Gasteiger charge is 2.21. The van der Waals surface area contributed by atoms with Gasteiger partial charge in [0.1, 0.15) is 4.88 Å². The maximum atomic E-state index is 12.6. The molecule has 9 heteroatoms. The van der Waals surface area contributed by atoms with E-state index in [1.54, 1.807) is 30.3 Å². The van der Waals surface area contributed by atoms with E-state index in [9.17, 15) is 13.2 Å². The minimum atomic E-state index is -3.89. The Hall–Kier alpha value is -2.06. The standard InChI is InChI=1S/C17H12Cl2N2O3S2/c18-11-3-1-10(2-4-11)15-9-14(16(25-15)17(20)22)21-26(23,24)13-7-5-12(19)6-8-13/h1-9,21H,(H2,20,22). The van der Waals surface area contributed by atoms with Crippen LogP contribution in [0, 0.1) is 0 Å². The maximum Gasteiger partial charge on any atom is 0.261 e. The van der Waals surface area contributed by atoms with Crippen LogP contribution in [0.2, 0.25) is 10.0 Å². The summed E-state index contributed by atoms with van der Waals surface area (Å²) < 4.78 is 27.5. The Morgan fingerprint density at radius 1 is 0.962 bits per heavy atom. The van der Waals surface area contributed by atoms with Gasteiger partial charge in [-0.15, -0.1) is 11.3 Å². The van der Waals surface area contributed by atoms with Gasteiger partial charge >= 0.3 is 0 Å². The van der Waals surface area contributed by atoms with Gasteiger partial charge in [-0.3, -0.25) is 9.52 Å². The van der Waals surface area contributed by atoms with E-state index < -0.39 is 15.9 Å². The highest BCUT2D eigenvalue weighted by Crippen LogP contribution is 2.36. The average molecular weight is 427 g/mol. The quantitative estimate of drug-likeness (QED) is 0.623. The molecule has 0 spiro atoms. The molecule has 2 aromatic carbocycles. The molecule has 0 radical (unpaired) electrons. The minimum absolute atomic E-state index is 0.0246. The van der Waals surface area contributed by atoms with Gasteiger partial charge in [0.25, 0.3) is 15.9 Å². The Morgan fingerprint density at radius 2 is 1.50 bits per heavy atom. The Balaban J connectivity index is 2.00.